The van der Waals surface area contributed by atoms with Crippen LogP contribution in [0.3, 0.4) is 0 Å². The molecular weight excluding hydrogens is 949 g/mol. The molecule has 0 saturated carbocycles. The zero-order valence-corrected chi connectivity index (χ0v) is 51.2. The van der Waals surface area contributed by atoms with Crippen molar-refractivity contribution >= 4 is 17.9 Å². The number of hydrogen-bond donors (Lipinski definition) is 0. The van der Waals surface area contributed by atoms with E-state index in [0.29, 0.717) is 19.3 Å². The van der Waals surface area contributed by atoms with E-state index in [2.05, 4.69) is 93.7 Å². The van der Waals surface area contributed by atoms with Crippen LogP contribution in [-0.4, -0.2) is 37.2 Å². The van der Waals surface area contributed by atoms with E-state index in [-0.39, 0.29) is 31.1 Å². The first-order chi connectivity index (χ1) is 38.0. The highest BCUT2D eigenvalue weighted by molar-refractivity contribution is 5.71. The summed E-state index contributed by atoms with van der Waals surface area (Å²) < 4.78 is 17.0. The summed E-state index contributed by atoms with van der Waals surface area (Å²) in [5.74, 6) is -0.859. The third kappa shape index (κ3) is 63.6. The van der Waals surface area contributed by atoms with Gasteiger partial charge in [0.15, 0.2) is 6.10 Å². The summed E-state index contributed by atoms with van der Waals surface area (Å²) >= 11 is 0. The third-order valence-electron chi connectivity index (χ3n) is 14.7. The predicted molar refractivity (Wildman–Crippen MR) is 335 cm³/mol. The largest absolute Gasteiger partial charge is 0.462 e. The first-order valence-corrected chi connectivity index (χ1v) is 33.4. The molecule has 0 fully saturated rings. The van der Waals surface area contributed by atoms with Crippen LogP contribution in [0.25, 0.3) is 0 Å². The molecule has 0 bridgehead atoms. The Kier molecular flexibility index (Phi) is 62.7. The van der Waals surface area contributed by atoms with Crippen molar-refractivity contribution in [2.75, 3.05) is 13.2 Å². The number of carbonyl (C=O) groups is 3. The SMILES string of the molecule is CC/C=C\C/C=C\C/C=C\C/C=C\C/C=C\C/C=C\CCCCCCCCCCC(=O)OCC(COC(=O)CCCCCCCCCCCCCCCCCC)OC(=O)CCCCCCCCCCCCCCCCCC. The van der Waals surface area contributed by atoms with E-state index >= 15 is 0 Å². The summed E-state index contributed by atoms with van der Waals surface area (Å²) in [4.78, 5) is 38.4. The third-order valence-corrected chi connectivity index (χ3v) is 14.7. The van der Waals surface area contributed by atoms with Crippen molar-refractivity contribution in [1.29, 1.82) is 0 Å². The van der Waals surface area contributed by atoms with Crippen LogP contribution in [0.15, 0.2) is 72.9 Å². The van der Waals surface area contributed by atoms with Crippen LogP contribution < -0.4 is 0 Å². The minimum Gasteiger partial charge on any atom is -0.462 e. The fraction of sp³-hybridized carbons (Fsp3) is 0.789. The quantitative estimate of drug-likeness (QED) is 0.0261. The monoisotopic (exact) mass is 1070 g/mol. The number of carbonyl (C=O) groups excluding carboxylic acids is 3. The minimum absolute atomic E-state index is 0.0724. The van der Waals surface area contributed by atoms with Crippen LogP contribution in [0.1, 0.15) is 342 Å². The van der Waals surface area contributed by atoms with E-state index in [0.717, 1.165) is 103 Å². The Morgan fingerprint density at radius 1 is 0.273 bits per heavy atom. The highest BCUT2D eigenvalue weighted by Gasteiger charge is 2.19. The normalized spacial score (nSPS) is 12.5. The molecule has 0 aliphatic rings. The van der Waals surface area contributed by atoms with Gasteiger partial charge in [-0.25, -0.2) is 0 Å². The molecule has 0 amide bonds. The maximum Gasteiger partial charge on any atom is 0.306 e. The molecule has 0 aliphatic heterocycles. The lowest BCUT2D eigenvalue weighted by Gasteiger charge is -2.18. The molecule has 0 aromatic carbocycles. The molecule has 1 atom stereocenters. The average molecular weight is 1080 g/mol. The van der Waals surface area contributed by atoms with Crippen LogP contribution in [-0.2, 0) is 28.6 Å². The van der Waals surface area contributed by atoms with Crippen molar-refractivity contribution < 1.29 is 28.6 Å². The average Bonchev–Trinajstić information content (AvgIpc) is 3.43. The Hall–Kier alpha value is -3.15. The molecule has 0 saturated heterocycles. The Labute approximate surface area is 478 Å². The molecule has 0 heterocycles. The van der Waals surface area contributed by atoms with Gasteiger partial charge in [-0.1, -0.05) is 325 Å². The van der Waals surface area contributed by atoms with Gasteiger partial charge >= 0.3 is 17.9 Å². The van der Waals surface area contributed by atoms with E-state index in [1.165, 1.54) is 199 Å². The molecule has 0 aromatic heterocycles. The molecule has 0 N–H and O–H groups in total. The van der Waals surface area contributed by atoms with Gasteiger partial charge in [0.2, 0.25) is 0 Å². The number of allylic oxidation sites excluding steroid dienone is 12. The fourth-order valence-corrected chi connectivity index (χ4v) is 9.74. The number of hydrogen-bond acceptors (Lipinski definition) is 6. The van der Waals surface area contributed by atoms with E-state index in [1.807, 2.05) is 0 Å². The molecule has 0 rings (SSSR count). The van der Waals surface area contributed by atoms with Gasteiger partial charge in [-0.2, -0.15) is 0 Å². The van der Waals surface area contributed by atoms with Crippen LogP contribution in [0, 0.1) is 0 Å². The smallest absolute Gasteiger partial charge is 0.306 e. The lowest BCUT2D eigenvalue weighted by Crippen LogP contribution is -2.30. The second-order valence-electron chi connectivity index (χ2n) is 22.4. The van der Waals surface area contributed by atoms with E-state index in [9.17, 15) is 14.4 Å². The summed E-state index contributed by atoms with van der Waals surface area (Å²) in [6.07, 6.45) is 84.8. The second kappa shape index (κ2) is 65.4. The van der Waals surface area contributed by atoms with Crippen LogP contribution in [0.2, 0.25) is 0 Å². The van der Waals surface area contributed by atoms with Crippen molar-refractivity contribution in [2.24, 2.45) is 0 Å². The van der Waals surface area contributed by atoms with Gasteiger partial charge in [0.1, 0.15) is 13.2 Å². The molecule has 446 valence electrons. The molecule has 0 aliphatic carbocycles. The summed E-state index contributed by atoms with van der Waals surface area (Å²) in [6.45, 7) is 6.58. The van der Waals surface area contributed by atoms with Crippen molar-refractivity contribution in [2.45, 2.75) is 348 Å². The van der Waals surface area contributed by atoms with Gasteiger partial charge in [0.25, 0.3) is 0 Å². The molecule has 6 heteroatoms. The second-order valence-corrected chi connectivity index (χ2v) is 22.4. The summed E-state index contributed by atoms with van der Waals surface area (Å²) in [6, 6.07) is 0. The Morgan fingerprint density at radius 2 is 0.506 bits per heavy atom. The Bertz CT molecular complexity index is 1420. The van der Waals surface area contributed by atoms with E-state index in [1.54, 1.807) is 0 Å². The number of rotatable bonds is 61. The molecule has 0 aromatic rings. The number of esters is 3. The van der Waals surface area contributed by atoms with Crippen molar-refractivity contribution in [3.63, 3.8) is 0 Å². The van der Waals surface area contributed by atoms with Gasteiger partial charge in [-0.05, 0) is 70.6 Å². The summed E-state index contributed by atoms with van der Waals surface area (Å²) in [5, 5.41) is 0. The fourth-order valence-electron chi connectivity index (χ4n) is 9.74. The topological polar surface area (TPSA) is 78.9 Å². The maximum atomic E-state index is 12.9. The zero-order chi connectivity index (χ0) is 55.7. The molecular formula is C71H126O6. The lowest BCUT2D eigenvalue weighted by atomic mass is 10.0. The van der Waals surface area contributed by atoms with Gasteiger partial charge in [-0.15, -0.1) is 0 Å². The molecule has 0 spiro atoms. The maximum absolute atomic E-state index is 12.9. The summed E-state index contributed by atoms with van der Waals surface area (Å²) in [7, 11) is 0. The van der Waals surface area contributed by atoms with Crippen LogP contribution in [0.5, 0.6) is 0 Å². The lowest BCUT2D eigenvalue weighted by molar-refractivity contribution is -0.167. The number of unbranched alkanes of at least 4 members (excludes halogenated alkanes) is 38. The summed E-state index contributed by atoms with van der Waals surface area (Å²) in [5.41, 5.74) is 0. The standard InChI is InChI=1S/C71H126O6/c1-4-7-10-13-16-19-22-25-28-31-32-33-34-35-36-37-38-39-40-41-44-46-49-52-55-58-61-64-70(73)76-67-68(77-71(74)65-62-59-56-53-50-47-43-30-27-24-21-18-15-12-9-6-3)66-75-69(72)63-60-57-54-51-48-45-42-29-26-23-20-17-14-11-8-5-2/h7,10,16,19,25,28,32-33,35-36,38-39,68H,4-6,8-9,11-15,17-18,20-24,26-27,29-31,34,37,40-67H2,1-3H3/b10-7-,19-16-,28-25-,33-32-,36-35-,39-38-. The van der Waals surface area contributed by atoms with Crippen molar-refractivity contribution in [3.8, 4) is 0 Å². The molecule has 1 unspecified atom stereocenters. The van der Waals surface area contributed by atoms with Crippen molar-refractivity contribution in [3.05, 3.63) is 72.9 Å². The van der Waals surface area contributed by atoms with Crippen LogP contribution >= 0.6 is 0 Å². The van der Waals surface area contributed by atoms with Gasteiger partial charge in [-0.3, -0.25) is 14.4 Å². The zero-order valence-electron chi connectivity index (χ0n) is 51.2. The molecule has 0 radical (unpaired) electrons. The highest BCUT2D eigenvalue weighted by Crippen LogP contribution is 2.18. The van der Waals surface area contributed by atoms with Gasteiger partial charge in [0, 0.05) is 19.3 Å². The molecule has 6 nitrogen and oxygen atoms in total. The van der Waals surface area contributed by atoms with E-state index in [4.69, 9.17) is 14.2 Å². The van der Waals surface area contributed by atoms with Crippen molar-refractivity contribution in [1.82, 2.24) is 0 Å². The predicted octanol–water partition coefficient (Wildman–Crippen LogP) is 22.9. The van der Waals surface area contributed by atoms with Crippen LogP contribution in [0.4, 0.5) is 0 Å². The number of ether oxygens (including phenoxy) is 3. The van der Waals surface area contributed by atoms with Gasteiger partial charge < -0.3 is 14.2 Å². The first kappa shape index (κ1) is 73.8. The first-order valence-electron chi connectivity index (χ1n) is 33.4. The Balaban J connectivity index is 4.31. The molecule has 77 heavy (non-hydrogen) atoms. The minimum atomic E-state index is -0.776. The van der Waals surface area contributed by atoms with Gasteiger partial charge in [0.05, 0.1) is 0 Å². The highest BCUT2D eigenvalue weighted by atomic mass is 16.6. The Morgan fingerprint density at radius 3 is 0.792 bits per heavy atom. The van der Waals surface area contributed by atoms with E-state index < -0.39 is 6.10 Å².